The van der Waals surface area contributed by atoms with Crippen LogP contribution < -0.4 is 0 Å². The molecule has 0 spiro atoms. The molecule has 6 heteroatoms. The third-order valence-electron chi connectivity index (χ3n) is 2.81. The highest BCUT2D eigenvalue weighted by atomic mass is 19.1. The predicted molar refractivity (Wildman–Crippen MR) is 89.8 cm³/mol. The van der Waals surface area contributed by atoms with Gasteiger partial charge in [0.15, 0.2) is 5.76 Å². The van der Waals surface area contributed by atoms with E-state index >= 15 is 0 Å². The van der Waals surface area contributed by atoms with Gasteiger partial charge in [0, 0.05) is 11.6 Å². The second-order valence-electron chi connectivity index (χ2n) is 4.62. The smallest absolute Gasteiger partial charge is 0.335 e. The summed E-state index contributed by atoms with van der Waals surface area (Å²) in [5, 5.41) is 12.6. The largest absolute Gasteiger partial charge is 0.478 e. The molecular formula is C18H17F2NO3. The maximum absolute atomic E-state index is 12.9. The number of benzene rings is 1. The highest BCUT2D eigenvalue weighted by Crippen LogP contribution is 2.17. The van der Waals surface area contributed by atoms with Crippen LogP contribution in [0.4, 0.5) is 8.78 Å². The summed E-state index contributed by atoms with van der Waals surface area (Å²) in [6.07, 6.45) is 6.37. The molecule has 0 aliphatic carbocycles. The molecule has 1 rings (SSSR count). The molecule has 0 saturated carbocycles. The minimum Gasteiger partial charge on any atom is -0.478 e. The Morgan fingerprint density at radius 2 is 1.83 bits per heavy atom. The third kappa shape index (κ3) is 6.39. The lowest BCUT2D eigenvalue weighted by molar-refractivity contribution is 0.0697. The molecule has 0 aliphatic rings. The summed E-state index contributed by atoms with van der Waals surface area (Å²) in [5.74, 6) is -1.29. The van der Waals surface area contributed by atoms with Crippen molar-refractivity contribution in [2.75, 3.05) is 0 Å². The van der Waals surface area contributed by atoms with Crippen LogP contribution in [0.15, 0.2) is 71.5 Å². The topological polar surface area (TPSA) is 58.9 Å². The molecule has 0 aromatic heterocycles. The van der Waals surface area contributed by atoms with E-state index in [0.29, 0.717) is 23.0 Å². The Bertz CT molecular complexity index is 714. The number of hydrogen-bond donors (Lipinski definition) is 1. The third-order valence-corrected chi connectivity index (χ3v) is 2.81. The molecular weight excluding hydrogens is 316 g/mol. The summed E-state index contributed by atoms with van der Waals surface area (Å²) in [7, 11) is 0. The number of rotatable bonds is 7. The van der Waals surface area contributed by atoms with Crippen LogP contribution in [-0.4, -0.2) is 17.3 Å². The van der Waals surface area contributed by atoms with E-state index in [2.05, 4.69) is 5.16 Å². The number of nitrogens with zero attached hydrogens (tertiary/aromatic N) is 1. The Hall–Kier alpha value is -3.02. The Labute approximate surface area is 138 Å². The lowest BCUT2D eigenvalue weighted by atomic mass is 10.1. The highest BCUT2D eigenvalue weighted by Gasteiger charge is 2.05. The number of carbonyl (C=O) groups is 1. The molecule has 1 aromatic rings. The van der Waals surface area contributed by atoms with Crippen molar-refractivity contribution in [1.82, 2.24) is 0 Å². The van der Waals surface area contributed by atoms with Crippen LogP contribution in [-0.2, 0) is 4.84 Å². The fraction of sp³-hybridized carbons (Fsp3) is 0.111. The lowest BCUT2D eigenvalue weighted by Crippen LogP contribution is -1.96. The van der Waals surface area contributed by atoms with Crippen LogP contribution in [0.5, 0.6) is 0 Å². The van der Waals surface area contributed by atoms with Crippen molar-refractivity contribution in [2.24, 2.45) is 5.16 Å². The second kappa shape index (κ2) is 9.89. The maximum atomic E-state index is 12.9. The zero-order chi connectivity index (χ0) is 17.9. The van der Waals surface area contributed by atoms with Crippen LogP contribution in [0.3, 0.4) is 0 Å². The van der Waals surface area contributed by atoms with Crippen LogP contribution in [0, 0.1) is 0 Å². The molecule has 1 aromatic carbocycles. The highest BCUT2D eigenvalue weighted by molar-refractivity contribution is 5.88. The normalized spacial score (nSPS) is 13.8. The SMILES string of the molecule is C/C=C(\O/N=C/C(C)=C/C=C(F)\C=C\F)c1ccc(C(=O)O)cc1. The van der Waals surface area contributed by atoms with Crippen LogP contribution in [0.2, 0.25) is 0 Å². The van der Waals surface area contributed by atoms with Gasteiger partial charge in [-0.15, -0.1) is 0 Å². The molecule has 4 nitrogen and oxygen atoms in total. The molecule has 126 valence electrons. The van der Waals surface area contributed by atoms with Crippen molar-refractivity contribution in [3.63, 3.8) is 0 Å². The van der Waals surface area contributed by atoms with Gasteiger partial charge in [-0.2, -0.15) is 0 Å². The van der Waals surface area contributed by atoms with Crippen LogP contribution in [0.25, 0.3) is 5.76 Å². The van der Waals surface area contributed by atoms with Crippen LogP contribution >= 0.6 is 0 Å². The van der Waals surface area contributed by atoms with Gasteiger partial charge >= 0.3 is 5.97 Å². The van der Waals surface area contributed by atoms with Crippen molar-refractivity contribution in [2.45, 2.75) is 13.8 Å². The van der Waals surface area contributed by atoms with E-state index in [-0.39, 0.29) is 11.9 Å². The summed E-state index contributed by atoms with van der Waals surface area (Å²) >= 11 is 0. The molecule has 0 atom stereocenters. The average molecular weight is 333 g/mol. The van der Waals surface area contributed by atoms with E-state index in [1.165, 1.54) is 24.4 Å². The number of aromatic carboxylic acids is 1. The number of halogens is 2. The molecule has 0 heterocycles. The molecule has 0 saturated heterocycles. The van der Waals surface area contributed by atoms with E-state index in [9.17, 15) is 13.6 Å². The Balaban J connectivity index is 2.74. The Kier molecular flexibility index (Phi) is 7.84. The molecule has 0 fully saturated rings. The van der Waals surface area contributed by atoms with E-state index < -0.39 is 11.8 Å². The fourth-order valence-corrected chi connectivity index (χ4v) is 1.59. The van der Waals surface area contributed by atoms with Crippen molar-refractivity contribution in [3.8, 4) is 0 Å². The predicted octanol–water partition coefficient (Wildman–Crippen LogP) is 5.03. The van der Waals surface area contributed by atoms with Crippen molar-refractivity contribution in [3.05, 3.63) is 77.4 Å². The first-order valence-electron chi connectivity index (χ1n) is 6.99. The van der Waals surface area contributed by atoms with Crippen molar-refractivity contribution in [1.29, 1.82) is 0 Å². The quantitative estimate of drug-likeness (QED) is 0.329. The first kappa shape index (κ1) is 19.0. The maximum Gasteiger partial charge on any atom is 0.335 e. The molecule has 0 bridgehead atoms. The zero-order valence-electron chi connectivity index (χ0n) is 13.2. The van der Waals surface area contributed by atoms with Gasteiger partial charge in [-0.05, 0) is 43.7 Å². The first-order valence-corrected chi connectivity index (χ1v) is 6.99. The Morgan fingerprint density at radius 3 is 2.38 bits per heavy atom. The summed E-state index contributed by atoms with van der Waals surface area (Å²) in [6, 6.07) is 6.15. The number of allylic oxidation sites excluding steroid dienone is 6. The molecule has 1 N–H and O–H groups in total. The van der Waals surface area contributed by atoms with Gasteiger partial charge in [-0.25, -0.2) is 13.6 Å². The van der Waals surface area contributed by atoms with E-state index in [0.717, 1.165) is 6.08 Å². The summed E-state index contributed by atoms with van der Waals surface area (Å²) in [5.41, 5.74) is 1.43. The van der Waals surface area contributed by atoms with Gasteiger partial charge in [-0.3, -0.25) is 0 Å². The monoisotopic (exact) mass is 333 g/mol. The molecule has 0 unspecified atom stereocenters. The van der Waals surface area contributed by atoms with Gasteiger partial charge in [0.1, 0.15) is 5.83 Å². The minimum atomic E-state index is -1.01. The van der Waals surface area contributed by atoms with E-state index in [1.54, 1.807) is 32.1 Å². The van der Waals surface area contributed by atoms with Gasteiger partial charge in [-0.1, -0.05) is 23.4 Å². The van der Waals surface area contributed by atoms with Crippen molar-refractivity contribution >= 4 is 17.9 Å². The first-order chi connectivity index (χ1) is 11.5. The number of carboxylic acids is 1. The lowest BCUT2D eigenvalue weighted by Gasteiger charge is -2.04. The molecule has 24 heavy (non-hydrogen) atoms. The van der Waals surface area contributed by atoms with E-state index in [4.69, 9.17) is 9.94 Å². The second-order valence-corrected chi connectivity index (χ2v) is 4.62. The molecule has 0 amide bonds. The minimum absolute atomic E-state index is 0.111. The van der Waals surface area contributed by atoms with Crippen LogP contribution in [0.1, 0.15) is 29.8 Å². The summed E-state index contributed by atoms with van der Waals surface area (Å²) < 4.78 is 24.7. The van der Waals surface area contributed by atoms with Gasteiger partial charge in [0.25, 0.3) is 0 Å². The van der Waals surface area contributed by atoms with Gasteiger partial charge in [0.2, 0.25) is 0 Å². The van der Waals surface area contributed by atoms with Gasteiger partial charge < -0.3 is 9.94 Å². The molecule has 0 aliphatic heterocycles. The van der Waals surface area contributed by atoms with Gasteiger partial charge in [0.05, 0.1) is 18.1 Å². The average Bonchev–Trinajstić information content (AvgIpc) is 2.57. The fourth-order valence-electron chi connectivity index (χ4n) is 1.59. The summed E-state index contributed by atoms with van der Waals surface area (Å²) in [6.45, 7) is 3.42. The number of carboxylic acid groups (broad SMARTS) is 1. The number of oxime groups is 1. The summed E-state index contributed by atoms with van der Waals surface area (Å²) in [4.78, 5) is 16.1. The van der Waals surface area contributed by atoms with Crippen molar-refractivity contribution < 1.29 is 23.5 Å². The zero-order valence-corrected chi connectivity index (χ0v) is 13.2. The number of hydrogen-bond acceptors (Lipinski definition) is 3. The Morgan fingerprint density at radius 1 is 1.21 bits per heavy atom. The standard InChI is InChI=1S/C18H17F2NO3/c1-3-17(14-5-7-15(8-6-14)18(22)23)24-21-12-13(2)4-9-16(20)10-11-19/h3-12H,1-2H3,(H,22,23)/b11-10+,13-4+,16-9+,17-3-,21-12+. The van der Waals surface area contributed by atoms with E-state index in [1.807, 2.05) is 0 Å². The molecule has 0 radical (unpaired) electrons.